The number of thioether (sulfide) groups is 1. The number of hydrogen-bond donors (Lipinski definition) is 2. The third-order valence-corrected chi connectivity index (χ3v) is 3.70. The van der Waals surface area contributed by atoms with Crippen LogP contribution in [-0.4, -0.2) is 46.5 Å². The average molecular weight is 302 g/mol. The first kappa shape index (κ1) is 24.5. The van der Waals surface area contributed by atoms with Crippen LogP contribution in [-0.2, 0) is 0 Å². The molecule has 0 bridgehead atoms. The highest BCUT2D eigenvalue weighted by molar-refractivity contribution is 7.98. The van der Waals surface area contributed by atoms with Crippen molar-refractivity contribution in [2.45, 2.75) is 50.7 Å². The van der Waals surface area contributed by atoms with Crippen LogP contribution in [0.3, 0.4) is 0 Å². The summed E-state index contributed by atoms with van der Waals surface area (Å²) < 4.78 is 0. The van der Waals surface area contributed by atoms with E-state index in [9.17, 15) is 0 Å². The molecule has 0 amide bonds. The minimum absolute atomic E-state index is 0. The number of aryl methyl sites for hydroxylation is 1. The van der Waals surface area contributed by atoms with Crippen molar-refractivity contribution in [1.82, 2.24) is 0 Å². The van der Waals surface area contributed by atoms with Crippen molar-refractivity contribution in [3.05, 3.63) is 23.8 Å². The Bertz CT molecular complexity index is 372. The largest absolute Gasteiger partial charge is 0.412 e. The van der Waals surface area contributed by atoms with E-state index in [0.717, 1.165) is 11.0 Å². The predicted octanol–water partition coefficient (Wildman–Crippen LogP) is 0.390. The van der Waals surface area contributed by atoms with E-state index in [1.54, 1.807) is 39.5 Å². The van der Waals surface area contributed by atoms with Gasteiger partial charge in [-0.1, -0.05) is 17.1 Å². The highest BCUT2D eigenvalue weighted by Crippen LogP contribution is 2.19. The molecule has 1 aromatic carbocycles. The van der Waals surface area contributed by atoms with Crippen molar-refractivity contribution >= 4 is 25.1 Å². The Hall–Kier alpha value is -0.525. The van der Waals surface area contributed by atoms with E-state index < -0.39 is 11.2 Å². The first-order valence-corrected chi connectivity index (χ1v) is 7.06. The van der Waals surface area contributed by atoms with Gasteiger partial charge in [0.05, 0.1) is 11.2 Å². The lowest BCUT2D eigenvalue weighted by Gasteiger charge is -2.31. The van der Waals surface area contributed by atoms with E-state index in [-0.39, 0.29) is 11.0 Å². The lowest BCUT2D eigenvalue weighted by atomic mass is 9.90. The zero-order valence-electron chi connectivity index (χ0n) is 13.1. The van der Waals surface area contributed by atoms with Crippen LogP contribution in [0.5, 0.6) is 0 Å². The molecule has 6 N–H and O–H groups in total. The van der Waals surface area contributed by atoms with Crippen molar-refractivity contribution in [2.24, 2.45) is 0 Å². The van der Waals surface area contributed by atoms with E-state index in [0.29, 0.717) is 0 Å². The highest BCUT2D eigenvalue weighted by Gasteiger charge is 2.31. The van der Waals surface area contributed by atoms with Gasteiger partial charge >= 0.3 is 0 Å². The van der Waals surface area contributed by atoms with Gasteiger partial charge in [0.1, 0.15) is 7.85 Å². The van der Waals surface area contributed by atoms with Gasteiger partial charge in [0.25, 0.3) is 0 Å². The predicted molar refractivity (Wildman–Crippen MR) is 88.2 cm³/mol. The van der Waals surface area contributed by atoms with Crippen molar-refractivity contribution in [1.29, 1.82) is 0 Å². The molecule has 0 aliphatic heterocycles. The summed E-state index contributed by atoms with van der Waals surface area (Å²) in [6, 6.07) is 6.08. The molecule has 1 rings (SSSR count). The first-order valence-electron chi connectivity index (χ1n) is 5.84. The molecule has 0 unspecified atom stereocenters. The molecule has 0 aromatic heterocycles. The molecular weight excluding hydrogens is 275 g/mol. The lowest BCUT2D eigenvalue weighted by Crippen LogP contribution is -2.44. The summed E-state index contributed by atoms with van der Waals surface area (Å²) >= 11 is 1.74. The van der Waals surface area contributed by atoms with Gasteiger partial charge in [-0.3, -0.25) is 0 Å². The smallest absolute Gasteiger partial charge is 0.114 e. The van der Waals surface area contributed by atoms with Gasteiger partial charge in [0.2, 0.25) is 0 Å². The average Bonchev–Trinajstić information content (AvgIpc) is 2.20. The topological polar surface area (TPSA) is 103 Å². The van der Waals surface area contributed by atoms with Crippen LogP contribution in [0.2, 0.25) is 0 Å². The van der Waals surface area contributed by atoms with Crippen LogP contribution in [0.4, 0.5) is 0 Å². The number of rotatable bonds is 2. The number of aliphatic hydroxyl groups is 2. The maximum Gasteiger partial charge on any atom is 0.114 e. The maximum atomic E-state index is 9.10. The Morgan fingerprint density at radius 3 is 1.65 bits per heavy atom. The van der Waals surface area contributed by atoms with Crippen LogP contribution in [0, 0.1) is 6.92 Å². The van der Waals surface area contributed by atoms with Gasteiger partial charge in [-0.05, 0) is 53.0 Å². The molecule has 0 atom stereocenters. The fourth-order valence-electron chi connectivity index (χ4n) is 0.775. The molecule has 0 saturated carbocycles. The third kappa shape index (κ3) is 8.61. The van der Waals surface area contributed by atoms with Gasteiger partial charge < -0.3 is 21.2 Å². The van der Waals surface area contributed by atoms with Crippen LogP contribution in [0.25, 0.3) is 0 Å². The highest BCUT2D eigenvalue weighted by atomic mass is 32.2. The van der Waals surface area contributed by atoms with E-state index in [1.165, 1.54) is 4.90 Å². The quantitative estimate of drug-likeness (QED) is 0.610. The monoisotopic (exact) mass is 302 g/mol. The fourth-order valence-corrected chi connectivity index (χ4v) is 1.27. The van der Waals surface area contributed by atoms with Crippen molar-refractivity contribution in [3.63, 3.8) is 0 Å². The standard InChI is InChI=1S/C8H9BS.C6H14O2.2H2O/c1-6-5-7(10-2)3-4-8(6)9;1-5(2,7)6(3,4)8;;/h3-5H,1-2H3;7-8H,1-4H3;2*1H2. The molecule has 0 fully saturated rings. The molecule has 0 aliphatic carbocycles. The van der Waals surface area contributed by atoms with Crippen LogP contribution in [0.15, 0.2) is 23.1 Å². The molecule has 0 saturated heterocycles. The molecular formula is C14H27BO4S. The van der Waals surface area contributed by atoms with Gasteiger partial charge in [-0.2, -0.15) is 0 Å². The second-order valence-corrected chi connectivity index (χ2v) is 6.22. The van der Waals surface area contributed by atoms with Gasteiger partial charge in [-0.25, -0.2) is 0 Å². The normalized spacial score (nSPS) is 10.6. The minimum Gasteiger partial charge on any atom is -0.412 e. The molecule has 20 heavy (non-hydrogen) atoms. The fraction of sp³-hybridized carbons (Fsp3) is 0.571. The lowest BCUT2D eigenvalue weighted by molar-refractivity contribution is -0.107. The Morgan fingerprint density at radius 1 is 1.00 bits per heavy atom. The van der Waals surface area contributed by atoms with Gasteiger partial charge in [0, 0.05) is 4.90 Å². The molecule has 0 spiro atoms. The van der Waals surface area contributed by atoms with Crippen molar-refractivity contribution in [3.8, 4) is 0 Å². The summed E-state index contributed by atoms with van der Waals surface area (Å²) in [6.45, 7) is 8.33. The summed E-state index contributed by atoms with van der Waals surface area (Å²) in [5, 5.41) is 18.2. The Morgan fingerprint density at radius 2 is 1.40 bits per heavy atom. The summed E-state index contributed by atoms with van der Waals surface area (Å²) in [7, 11) is 5.63. The second kappa shape index (κ2) is 9.42. The zero-order chi connectivity index (χ0) is 14.6. The number of hydrogen-bond acceptors (Lipinski definition) is 3. The third-order valence-electron chi connectivity index (χ3n) is 2.97. The van der Waals surface area contributed by atoms with Crippen LogP contribution in [0.1, 0.15) is 33.3 Å². The van der Waals surface area contributed by atoms with Crippen molar-refractivity contribution in [2.75, 3.05) is 6.26 Å². The summed E-state index contributed by atoms with van der Waals surface area (Å²) in [5.41, 5.74) is 0.0182. The van der Waals surface area contributed by atoms with E-state index in [4.69, 9.17) is 18.1 Å². The second-order valence-electron chi connectivity index (χ2n) is 5.34. The van der Waals surface area contributed by atoms with Gasteiger partial charge in [0.15, 0.2) is 0 Å². The van der Waals surface area contributed by atoms with Crippen LogP contribution >= 0.6 is 11.8 Å². The SMILES string of the molecule is CC(C)(O)C(C)(C)O.O.O.[B]c1ccc(SC)cc1C. The van der Waals surface area contributed by atoms with E-state index in [1.807, 2.05) is 19.1 Å². The van der Waals surface area contributed by atoms with Crippen LogP contribution < -0.4 is 5.46 Å². The maximum absolute atomic E-state index is 9.10. The molecule has 0 heterocycles. The molecule has 116 valence electrons. The van der Waals surface area contributed by atoms with E-state index >= 15 is 0 Å². The molecule has 0 aliphatic rings. The first-order chi connectivity index (χ1) is 7.99. The zero-order valence-corrected chi connectivity index (χ0v) is 13.9. The summed E-state index contributed by atoms with van der Waals surface area (Å²) in [5.74, 6) is 0. The summed E-state index contributed by atoms with van der Waals surface area (Å²) in [6.07, 6.45) is 2.06. The van der Waals surface area contributed by atoms with E-state index in [2.05, 4.69) is 12.3 Å². The Labute approximate surface area is 127 Å². The molecule has 1 aromatic rings. The molecule has 6 heteroatoms. The Kier molecular flexibility index (Phi) is 11.5. The Balaban J connectivity index is -0.000000269. The summed E-state index contributed by atoms with van der Waals surface area (Å²) in [4.78, 5) is 1.27. The van der Waals surface area contributed by atoms with Crippen molar-refractivity contribution < 1.29 is 21.2 Å². The number of benzene rings is 1. The molecule has 4 nitrogen and oxygen atoms in total. The minimum atomic E-state index is -1.01. The molecule has 2 radical (unpaired) electrons. The van der Waals surface area contributed by atoms with Gasteiger partial charge in [-0.15, -0.1) is 11.8 Å².